The van der Waals surface area contributed by atoms with Crippen LogP contribution in [0.15, 0.2) is 48.5 Å². The Bertz CT molecular complexity index is 703. The minimum Gasteiger partial charge on any atom is -0.497 e. The zero-order valence-electron chi connectivity index (χ0n) is 12.7. The molecule has 1 amide bonds. The molecule has 0 aromatic heterocycles. The zero-order chi connectivity index (χ0) is 16.2. The number of carbonyl (C=O) groups is 2. The molecular formula is C18H17NO4. The Morgan fingerprint density at radius 2 is 1.57 bits per heavy atom. The molecule has 1 saturated carbocycles. The quantitative estimate of drug-likeness (QED) is 0.680. The molecule has 0 radical (unpaired) electrons. The lowest BCUT2D eigenvalue weighted by Crippen LogP contribution is -2.13. The van der Waals surface area contributed by atoms with Crippen molar-refractivity contribution in [3.05, 3.63) is 54.1 Å². The van der Waals surface area contributed by atoms with E-state index < -0.39 is 5.97 Å². The maximum absolute atomic E-state index is 12.1. The lowest BCUT2D eigenvalue weighted by molar-refractivity contribution is -0.117. The molecule has 1 N–H and O–H groups in total. The predicted molar refractivity (Wildman–Crippen MR) is 85.7 cm³/mol. The van der Waals surface area contributed by atoms with E-state index in [1.54, 1.807) is 55.6 Å². The number of rotatable bonds is 5. The second kappa shape index (κ2) is 6.52. The molecule has 118 valence electrons. The summed E-state index contributed by atoms with van der Waals surface area (Å²) in [4.78, 5) is 23.8. The van der Waals surface area contributed by atoms with Crippen LogP contribution in [0.2, 0.25) is 0 Å². The first-order valence-corrected chi connectivity index (χ1v) is 7.43. The van der Waals surface area contributed by atoms with Gasteiger partial charge in [0.05, 0.1) is 12.7 Å². The fourth-order valence-corrected chi connectivity index (χ4v) is 2.09. The molecule has 2 aromatic carbocycles. The number of hydrogen-bond acceptors (Lipinski definition) is 4. The second-order valence-electron chi connectivity index (χ2n) is 5.41. The summed E-state index contributed by atoms with van der Waals surface area (Å²) in [5.74, 6) is 0.881. The Morgan fingerprint density at radius 3 is 2.13 bits per heavy atom. The summed E-state index contributed by atoms with van der Waals surface area (Å²) in [7, 11) is 1.57. The lowest BCUT2D eigenvalue weighted by Gasteiger charge is -2.07. The summed E-state index contributed by atoms with van der Waals surface area (Å²) in [5.41, 5.74) is 1.10. The van der Waals surface area contributed by atoms with Crippen LogP contribution in [0.3, 0.4) is 0 Å². The summed E-state index contributed by atoms with van der Waals surface area (Å²) in [6.07, 6.45) is 1.91. The van der Waals surface area contributed by atoms with E-state index >= 15 is 0 Å². The number of esters is 1. The van der Waals surface area contributed by atoms with E-state index in [4.69, 9.17) is 9.47 Å². The normalized spacial score (nSPS) is 13.3. The number of hydrogen-bond donors (Lipinski definition) is 1. The lowest BCUT2D eigenvalue weighted by atomic mass is 10.2. The van der Waals surface area contributed by atoms with E-state index in [1.807, 2.05) is 0 Å². The third-order valence-electron chi connectivity index (χ3n) is 3.61. The van der Waals surface area contributed by atoms with Gasteiger partial charge in [-0.15, -0.1) is 0 Å². The van der Waals surface area contributed by atoms with Gasteiger partial charge in [0.2, 0.25) is 5.91 Å². The Labute approximate surface area is 134 Å². The van der Waals surface area contributed by atoms with Crippen molar-refractivity contribution in [1.82, 2.24) is 0 Å². The van der Waals surface area contributed by atoms with Crippen LogP contribution in [0, 0.1) is 5.92 Å². The largest absolute Gasteiger partial charge is 0.497 e. The van der Waals surface area contributed by atoms with Crippen molar-refractivity contribution in [1.29, 1.82) is 0 Å². The van der Waals surface area contributed by atoms with Crippen molar-refractivity contribution in [2.24, 2.45) is 5.92 Å². The highest BCUT2D eigenvalue weighted by Crippen LogP contribution is 2.30. The Morgan fingerprint density at radius 1 is 0.957 bits per heavy atom. The predicted octanol–water partition coefficient (Wildman–Crippen LogP) is 3.26. The van der Waals surface area contributed by atoms with E-state index in [2.05, 4.69) is 5.32 Å². The van der Waals surface area contributed by atoms with Crippen molar-refractivity contribution in [3.8, 4) is 11.5 Å². The van der Waals surface area contributed by atoms with Crippen LogP contribution >= 0.6 is 0 Å². The average Bonchev–Trinajstić information content (AvgIpc) is 3.41. The maximum Gasteiger partial charge on any atom is 0.343 e. The highest BCUT2D eigenvalue weighted by atomic mass is 16.5. The molecule has 0 spiro atoms. The first-order chi connectivity index (χ1) is 11.2. The molecule has 0 unspecified atom stereocenters. The molecule has 3 rings (SSSR count). The van der Waals surface area contributed by atoms with Gasteiger partial charge in [-0.3, -0.25) is 4.79 Å². The number of nitrogens with one attached hydrogen (secondary N) is 1. The Kier molecular flexibility index (Phi) is 4.28. The summed E-state index contributed by atoms with van der Waals surface area (Å²) in [6, 6.07) is 13.4. The summed E-state index contributed by atoms with van der Waals surface area (Å²) >= 11 is 0. The van der Waals surface area contributed by atoms with Gasteiger partial charge in [-0.1, -0.05) is 0 Å². The van der Waals surface area contributed by atoms with E-state index in [9.17, 15) is 9.59 Å². The van der Waals surface area contributed by atoms with Gasteiger partial charge < -0.3 is 14.8 Å². The van der Waals surface area contributed by atoms with Crippen LogP contribution in [-0.2, 0) is 4.79 Å². The molecule has 1 aliphatic rings. The van der Waals surface area contributed by atoms with Crippen LogP contribution < -0.4 is 14.8 Å². The molecule has 5 nitrogen and oxygen atoms in total. The SMILES string of the molecule is COc1ccc(OC(=O)c2ccc(NC(=O)C3CC3)cc2)cc1. The van der Waals surface area contributed by atoms with Gasteiger partial charge in [0, 0.05) is 11.6 Å². The molecule has 0 aliphatic heterocycles. The van der Waals surface area contributed by atoms with Crippen LogP contribution in [0.25, 0.3) is 0 Å². The summed E-state index contributed by atoms with van der Waals surface area (Å²) in [6.45, 7) is 0. The third-order valence-corrected chi connectivity index (χ3v) is 3.61. The van der Waals surface area contributed by atoms with Crippen molar-refractivity contribution in [2.45, 2.75) is 12.8 Å². The van der Waals surface area contributed by atoms with Crippen LogP contribution in [0.1, 0.15) is 23.2 Å². The van der Waals surface area contributed by atoms with Crippen molar-refractivity contribution in [2.75, 3.05) is 12.4 Å². The van der Waals surface area contributed by atoms with Gasteiger partial charge in [-0.2, -0.15) is 0 Å². The number of amides is 1. The van der Waals surface area contributed by atoms with E-state index in [0.29, 0.717) is 22.7 Å². The highest BCUT2D eigenvalue weighted by Gasteiger charge is 2.29. The van der Waals surface area contributed by atoms with Crippen LogP contribution in [0.5, 0.6) is 11.5 Å². The van der Waals surface area contributed by atoms with E-state index in [1.165, 1.54) is 0 Å². The molecule has 1 fully saturated rings. The molecule has 1 aliphatic carbocycles. The van der Waals surface area contributed by atoms with Gasteiger partial charge in [-0.25, -0.2) is 4.79 Å². The van der Waals surface area contributed by atoms with Gasteiger partial charge >= 0.3 is 5.97 Å². The molecule has 0 saturated heterocycles. The van der Waals surface area contributed by atoms with Gasteiger partial charge in [0.25, 0.3) is 0 Å². The Hall–Kier alpha value is -2.82. The first-order valence-electron chi connectivity index (χ1n) is 7.43. The summed E-state index contributed by atoms with van der Waals surface area (Å²) in [5, 5.41) is 2.83. The number of carbonyl (C=O) groups excluding carboxylic acids is 2. The third kappa shape index (κ3) is 3.88. The first kappa shape index (κ1) is 15.1. The van der Waals surface area contributed by atoms with E-state index in [-0.39, 0.29) is 11.8 Å². The number of ether oxygens (including phenoxy) is 2. The fourth-order valence-electron chi connectivity index (χ4n) is 2.09. The standard InChI is InChI=1S/C18H17NO4/c1-22-15-8-10-16(11-9-15)23-18(21)13-4-6-14(7-5-13)19-17(20)12-2-3-12/h4-12H,2-3H2,1H3,(H,19,20). The molecule has 0 heterocycles. The topological polar surface area (TPSA) is 64.6 Å². The zero-order valence-corrected chi connectivity index (χ0v) is 12.7. The van der Waals surface area contributed by atoms with Crippen molar-refractivity contribution < 1.29 is 19.1 Å². The molecule has 0 bridgehead atoms. The number of methoxy groups -OCH3 is 1. The van der Waals surface area contributed by atoms with Crippen molar-refractivity contribution in [3.63, 3.8) is 0 Å². The maximum atomic E-state index is 12.1. The minimum atomic E-state index is -0.449. The second-order valence-corrected chi connectivity index (χ2v) is 5.41. The summed E-state index contributed by atoms with van der Waals surface area (Å²) < 4.78 is 10.3. The highest BCUT2D eigenvalue weighted by molar-refractivity contribution is 5.95. The van der Waals surface area contributed by atoms with Crippen molar-refractivity contribution >= 4 is 17.6 Å². The van der Waals surface area contributed by atoms with Crippen LogP contribution in [0.4, 0.5) is 5.69 Å². The molecule has 2 aromatic rings. The minimum absolute atomic E-state index is 0.0403. The fraction of sp³-hybridized carbons (Fsp3) is 0.222. The Balaban J connectivity index is 1.61. The van der Waals surface area contributed by atoms with Gasteiger partial charge in [0.1, 0.15) is 11.5 Å². The van der Waals surface area contributed by atoms with Gasteiger partial charge in [-0.05, 0) is 61.4 Å². The smallest absolute Gasteiger partial charge is 0.343 e. The molecule has 5 heteroatoms. The average molecular weight is 311 g/mol. The van der Waals surface area contributed by atoms with Crippen LogP contribution in [-0.4, -0.2) is 19.0 Å². The monoisotopic (exact) mass is 311 g/mol. The molecular weight excluding hydrogens is 294 g/mol. The number of benzene rings is 2. The molecule has 23 heavy (non-hydrogen) atoms. The number of anilines is 1. The van der Waals surface area contributed by atoms with E-state index in [0.717, 1.165) is 12.8 Å². The molecule has 0 atom stereocenters. The van der Waals surface area contributed by atoms with Gasteiger partial charge in [0.15, 0.2) is 0 Å².